The Hall–Kier alpha value is -2.12. The SMILES string of the molecule is CC(CN(C)C(=O)c1cn[nH]n1)C(N)=NO. The van der Waals surface area contributed by atoms with Crippen LogP contribution in [-0.4, -0.2) is 50.9 Å². The fourth-order valence-electron chi connectivity index (χ4n) is 1.19. The van der Waals surface area contributed by atoms with Gasteiger partial charge < -0.3 is 15.8 Å². The van der Waals surface area contributed by atoms with E-state index in [1.807, 2.05) is 0 Å². The smallest absolute Gasteiger partial charge is 0.275 e. The molecule has 0 aromatic carbocycles. The predicted molar refractivity (Wildman–Crippen MR) is 55.9 cm³/mol. The normalized spacial score (nSPS) is 13.5. The zero-order valence-electron chi connectivity index (χ0n) is 9.08. The molecule has 0 aliphatic rings. The number of hydrogen-bond donors (Lipinski definition) is 3. The summed E-state index contributed by atoms with van der Waals surface area (Å²) < 4.78 is 0. The van der Waals surface area contributed by atoms with Crippen molar-refractivity contribution in [3.05, 3.63) is 11.9 Å². The Balaban J connectivity index is 2.59. The van der Waals surface area contributed by atoms with Crippen molar-refractivity contribution in [1.82, 2.24) is 20.3 Å². The van der Waals surface area contributed by atoms with Crippen LogP contribution in [0.1, 0.15) is 17.4 Å². The van der Waals surface area contributed by atoms with Crippen molar-refractivity contribution in [1.29, 1.82) is 0 Å². The molecule has 16 heavy (non-hydrogen) atoms. The average Bonchev–Trinajstić information content (AvgIpc) is 2.79. The molecule has 1 atom stereocenters. The highest BCUT2D eigenvalue weighted by atomic mass is 16.4. The van der Waals surface area contributed by atoms with Crippen molar-refractivity contribution in [2.45, 2.75) is 6.92 Å². The predicted octanol–water partition coefficient (Wildman–Crippen LogP) is -0.741. The second-order valence-corrected chi connectivity index (χ2v) is 3.47. The maximum Gasteiger partial charge on any atom is 0.275 e. The van der Waals surface area contributed by atoms with Crippen LogP contribution in [0.25, 0.3) is 0 Å². The molecule has 8 heteroatoms. The number of rotatable bonds is 4. The Bertz CT molecular complexity index is 374. The molecule has 0 fully saturated rings. The van der Waals surface area contributed by atoms with Crippen molar-refractivity contribution < 1.29 is 10.0 Å². The summed E-state index contributed by atoms with van der Waals surface area (Å²) in [6.45, 7) is 2.09. The quantitative estimate of drug-likeness (QED) is 0.270. The second-order valence-electron chi connectivity index (χ2n) is 3.47. The van der Waals surface area contributed by atoms with Crippen molar-refractivity contribution in [2.24, 2.45) is 16.8 Å². The van der Waals surface area contributed by atoms with Gasteiger partial charge in [0.2, 0.25) is 0 Å². The standard InChI is InChI=1S/C8H14N6O2/c1-5(7(9)12-16)4-14(2)8(15)6-3-10-13-11-6/h3,5,16H,4H2,1-2H3,(H2,9,12)(H,10,11,13). The van der Waals surface area contributed by atoms with Crippen LogP contribution >= 0.6 is 0 Å². The van der Waals surface area contributed by atoms with Crippen LogP contribution in [0.2, 0.25) is 0 Å². The summed E-state index contributed by atoms with van der Waals surface area (Å²) in [4.78, 5) is 13.1. The molecule has 8 nitrogen and oxygen atoms in total. The summed E-state index contributed by atoms with van der Waals surface area (Å²) in [5.41, 5.74) is 5.64. The van der Waals surface area contributed by atoms with Gasteiger partial charge in [-0.05, 0) is 0 Å². The van der Waals surface area contributed by atoms with Gasteiger partial charge in [0.1, 0.15) is 5.84 Å². The number of nitrogens with two attached hydrogens (primary N) is 1. The molecule has 0 bridgehead atoms. The van der Waals surface area contributed by atoms with Gasteiger partial charge in [-0.1, -0.05) is 12.1 Å². The minimum absolute atomic E-state index is 0.0832. The third kappa shape index (κ3) is 2.69. The molecule has 0 saturated heterocycles. The number of aromatic amines is 1. The first-order valence-electron chi connectivity index (χ1n) is 4.65. The van der Waals surface area contributed by atoms with Gasteiger partial charge in [0.15, 0.2) is 5.69 Å². The second kappa shape index (κ2) is 5.10. The minimum Gasteiger partial charge on any atom is -0.409 e. The third-order valence-electron chi connectivity index (χ3n) is 2.15. The van der Waals surface area contributed by atoms with Gasteiger partial charge in [0, 0.05) is 19.5 Å². The van der Waals surface area contributed by atoms with Gasteiger partial charge in [0.05, 0.1) is 6.20 Å². The van der Waals surface area contributed by atoms with E-state index in [1.54, 1.807) is 14.0 Å². The van der Waals surface area contributed by atoms with Gasteiger partial charge in [-0.3, -0.25) is 4.79 Å². The lowest BCUT2D eigenvalue weighted by atomic mass is 10.1. The maximum absolute atomic E-state index is 11.7. The summed E-state index contributed by atoms with van der Waals surface area (Å²) in [6, 6.07) is 0. The molecule has 0 spiro atoms. The topological polar surface area (TPSA) is 120 Å². The number of H-pyrrole nitrogens is 1. The lowest BCUT2D eigenvalue weighted by Crippen LogP contribution is -2.36. The van der Waals surface area contributed by atoms with E-state index in [4.69, 9.17) is 10.9 Å². The Morgan fingerprint density at radius 2 is 2.50 bits per heavy atom. The number of nitrogens with one attached hydrogen (secondary N) is 1. The van der Waals surface area contributed by atoms with Gasteiger partial charge in [0.25, 0.3) is 5.91 Å². The molecule has 4 N–H and O–H groups in total. The summed E-state index contributed by atoms with van der Waals surface area (Å²) in [6.07, 6.45) is 1.34. The Kier molecular flexibility index (Phi) is 3.81. The van der Waals surface area contributed by atoms with E-state index in [-0.39, 0.29) is 23.4 Å². The minimum atomic E-state index is -0.272. The van der Waals surface area contributed by atoms with Crippen molar-refractivity contribution in [3.63, 3.8) is 0 Å². The van der Waals surface area contributed by atoms with Crippen LogP contribution in [-0.2, 0) is 0 Å². The number of amidine groups is 1. The van der Waals surface area contributed by atoms with E-state index in [1.165, 1.54) is 11.1 Å². The fourth-order valence-corrected chi connectivity index (χ4v) is 1.19. The highest BCUT2D eigenvalue weighted by Crippen LogP contribution is 2.02. The van der Waals surface area contributed by atoms with E-state index in [9.17, 15) is 4.79 Å². The molecule has 1 rings (SSSR count). The zero-order chi connectivity index (χ0) is 12.1. The van der Waals surface area contributed by atoms with Gasteiger partial charge >= 0.3 is 0 Å². The number of amides is 1. The largest absolute Gasteiger partial charge is 0.409 e. The van der Waals surface area contributed by atoms with Crippen molar-refractivity contribution in [2.75, 3.05) is 13.6 Å². The summed E-state index contributed by atoms with van der Waals surface area (Å²) >= 11 is 0. The molecule has 0 aliphatic heterocycles. The van der Waals surface area contributed by atoms with Crippen LogP contribution in [0.4, 0.5) is 0 Å². The Labute approximate surface area is 92.1 Å². The molecular weight excluding hydrogens is 212 g/mol. The van der Waals surface area contributed by atoms with Gasteiger partial charge in [-0.15, -0.1) is 0 Å². The van der Waals surface area contributed by atoms with Crippen LogP contribution < -0.4 is 5.73 Å². The van der Waals surface area contributed by atoms with E-state index in [0.717, 1.165) is 0 Å². The lowest BCUT2D eigenvalue weighted by molar-refractivity contribution is 0.0780. The summed E-state index contributed by atoms with van der Waals surface area (Å²) in [7, 11) is 1.61. The molecule has 1 aromatic heterocycles. The monoisotopic (exact) mass is 226 g/mol. The lowest BCUT2D eigenvalue weighted by Gasteiger charge is -2.19. The first kappa shape index (κ1) is 12.0. The van der Waals surface area contributed by atoms with Crippen LogP contribution in [0, 0.1) is 5.92 Å². The van der Waals surface area contributed by atoms with Crippen LogP contribution in [0.5, 0.6) is 0 Å². The summed E-state index contributed by atoms with van der Waals surface area (Å²) in [5.74, 6) is -0.419. The molecule has 88 valence electrons. The van der Waals surface area contributed by atoms with E-state index < -0.39 is 0 Å². The highest BCUT2D eigenvalue weighted by Gasteiger charge is 2.18. The molecule has 1 amide bonds. The number of carbonyl (C=O) groups excluding carboxylic acids is 1. The number of carbonyl (C=O) groups is 1. The number of aromatic nitrogens is 3. The molecule has 1 heterocycles. The maximum atomic E-state index is 11.7. The Morgan fingerprint density at radius 3 is 3.00 bits per heavy atom. The van der Waals surface area contributed by atoms with Crippen molar-refractivity contribution in [3.8, 4) is 0 Å². The molecular formula is C8H14N6O2. The van der Waals surface area contributed by atoms with Crippen LogP contribution in [0.15, 0.2) is 11.4 Å². The van der Waals surface area contributed by atoms with E-state index in [0.29, 0.717) is 6.54 Å². The van der Waals surface area contributed by atoms with Gasteiger partial charge in [-0.25, -0.2) is 0 Å². The third-order valence-corrected chi connectivity index (χ3v) is 2.15. The number of hydrogen-bond acceptors (Lipinski definition) is 5. The molecule has 0 radical (unpaired) electrons. The highest BCUT2D eigenvalue weighted by molar-refractivity contribution is 5.92. The van der Waals surface area contributed by atoms with Gasteiger partial charge in [-0.2, -0.15) is 15.4 Å². The molecule has 0 saturated carbocycles. The molecule has 1 aromatic rings. The first-order chi connectivity index (χ1) is 7.56. The first-order valence-corrected chi connectivity index (χ1v) is 4.65. The average molecular weight is 226 g/mol. The molecule has 1 unspecified atom stereocenters. The van der Waals surface area contributed by atoms with E-state index >= 15 is 0 Å². The van der Waals surface area contributed by atoms with E-state index in [2.05, 4.69) is 20.6 Å². The Morgan fingerprint density at radius 1 is 1.81 bits per heavy atom. The zero-order valence-corrected chi connectivity index (χ0v) is 9.08. The number of oxime groups is 1. The van der Waals surface area contributed by atoms with Crippen LogP contribution in [0.3, 0.4) is 0 Å². The number of nitrogens with zero attached hydrogens (tertiary/aromatic N) is 4. The fraction of sp³-hybridized carbons (Fsp3) is 0.500. The molecule has 0 aliphatic carbocycles. The summed E-state index contributed by atoms with van der Waals surface area (Å²) in [5, 5.41) is 20.9. The van der Waals surface area contributed by atoms with Crippen molar-refractivity contribution >= 4 is 11.7 Å².